The van der Waals surface area contributed by atoms with Crippen LogP contribution in [0.4, 0.5) is 0 Å². The Morgan fingerprint density at radius 2 is 2.00 bits per heavy atom. The lowest BCUT2D eigenvalue weighted by Gasteiger charge is -2.10. The minimum absolute atomic E-state index is 0.118. The lowest BCUT2D eigenvalue weighted by Crippen LogP contribution is -2.04. The summed E-state index contributed by atoms with van der Waals surface area (Å²) in [5, 5.41) is 9.75. The summed E-state index contributed by atoms with van der Waals surface area (Å²) in [6.07, 6.45) is 7.93. The van der Waals surface area contributed by atoms with Gasteiger partial charge in [-0.2, -0.15) is 17.0 Å². The van der Waals surface area contributed by atoms with Gasteiger partial charge < -0.3 is 0 Å². The smallest absolute Gasteiger partial charge is 0.0698 e. The number of nitriles is 1. The van der Waals surface area contributed by atoms with E-state index in [1.807, 2.05) is 0 Å². The average molecular weight is 181 g/mol. The second kappa shape index (κ2) is 3.30. The third-order valence-electron chi connectivity index (χ3n) is 2.99. The van der Waals surface area contributed by atoms with Gasteiger partial charge in [0.25, 0.3) is 0 Å². The highest BCUT2D eigenvalue weighted by atomic mass is 32.2. The first-order valence-electron chi connectivity index (χ1n) is 4.88. The van der Waals surface area contributed by atoms with Crippen molar-refractivity contribution in [3.05, 3.63) is 0 Å². The molecule has 0 saturated heterocycles. The highest BCUT2D eigenvalue weighted by Crippen LogP contribution is 2.49. The lowest BCUT2D eigenvalue weighted by atomic mass is 10.2. The molecule has 0 spiro atoms. The van der Waals surface area contributed by atoms with Crippen LogP contribution in [0.25, 0.3) is 0 Å². The van der Waals surface area contributed by atoms with Gasteiger partial charge in [0.1, 0.15) is 0 Å². The van der Waals surface area contributed by atoms with E-state index in [-0.39, 0.29) is 5.41 Å². The summed E-state index contributed by atoms with van der Waals surface area (Å²) in [5.74, 6) is 1.11. The third-order valence-corrected chi connectivity index (χ3v) is 4.65. The van der Waals surface area contributed by atoms with Crippen molar-refractivity contribution in [2.75, 3.05) is 5.75 Å². The van der Waals surface area contributed by atoms with Crippen LogP contribution in [0.5, 0.6) is 0 Å². The van der Waals surface area contributed by atoms with E-state index in [0.717, 1.165) is 23.8 Å². The van der Waals surface area contributed by atoms with Crippen LogP contribution in [0.2, 0.25) is 0 Å². The zero-order valence-electron chi connectivity index (χ0n) is 7.38. The van der Waals surface area contributed by atoms with Crippen molar-refractivity contribution < 1.29 is 0 Å². The molecular formula is C10H15NS. The van der Waals surface area contributed by atoms with Crippen LogP contribution < -0.4 is 0 Å². The summed E-state index contributed by atoms with van der Waals surface area (Å²) in [6.45, 7) is 0. The molecular weight excluding hydrogens is 166 g/mol. The van der Waals surface area contributed by atoms with Gasteiger partial charge in [0.15, 0.2) is 0 Å². The van der Waals surface area contributed by atoms with Crippen LogP contribution in [0.3, 0.4) is 0 Å². The predicted molar refractivity (Wildman–Crippen MR) is 52.0 cm³/mol. The maximum Gasteiger partial charge on any atom is 0.0698 e. The van der Waals surface area contributed by atoms with Crippen molar-refractivity contribution >= 4 is 11.8 Å². The Balaban J connectivity index is 1.71. The lowest BCUT2D eigenvalue weighted by molar-refractivity contribution is 0.774. The Labute approximate surface area is 78.5 Å². The third kappa shape index (κ3) is 1.77. The molecule has 2 heteroatoms. The molecule has 2 saturated carbocycles. The second-order valence-electron chi connectivity index (χ2n) is 4.11. The Bertz CT molecular complexity index is 196. The molecule has 0 radical (unpaired) electrons. The highest BCUT2D eigenvalue weighted by Gasteiger charge is 2.43. The van der Waals surface area contributed by atoms with Gasteiger partial charge in [-0.25, -0.2) is 0 Å². The molecule has 0 atom stereocenters. The fourth-order valence-electron chi connectivity index (χ4n) is 1.77. The van der Waals surface area contributed by atoms with E-state index < -0.39 is 0 Å². The normalized spacial score (nSPS) is 26.9. The van der Waals surface area contributed by atoms with Gasteiger partial charge in [0, 0.05) is 11.0 Å². The molecule has 0 amide bonds. The first-order valence-corrected chi connectivity index (χ1v) is 5.92. The quantitative estimate of drug-likeness (QED) is 0.668. The summed E-state index contributed by atoms with van der Waals surface area (Å²) >= 11 is 2.06. The molecule has 2 rings (SSSR count). The molecule has 2 aliphatic rings. The van der Waals surface area contributed by atoms with Crippen LogP contribution in [-0.2, 0) is 0 Å². The van der Waals surface area contributed by atoms with Gasteiger partial charge in [0.2, 0.25) is 0 Å². The maximum absolute atomic E-state index is 8.87. The fraction of sp³-hybridized carbons (Fsp3) is 0.900. The molecule has 0 heterocycles. The number of nitrogens with zero attached hydrogens (tertiary/aromatic N) is 1. The summed E-state index contributed by atoms with van der Waals surface area (Å²) in [6, 6.07) is 2.46. The van der Waals surface area contributed by atoms with Crippen molar-refractivity contribution in [2.24, 2.45) is 5.41 Å². The minimum Gasteiger partial charge on any atom is -0.198 e. The van der Waals surface area contributed by atoms with E-state index in [2.05, 4.69) is 17.8 Å². The monoisotopic (exact) mass is 181 g/mol. The zero-order valence-corrected chi connectivity index (χ0v) is 8.20. The maximum atomic E-state index is 8.87. The molecule has 1 nitrogen and oxygen atoms in total. The van der Waals surface area contributed by atoms with E-state index in [1.165, 1.54) is 25.7 Å². The molecule has 0 aromatic carbocycles. The summed E-state index contributed by atoms with van der Waals surface area (Å²) in [5.41, 5.74) is 0.118. The first-order chi connectivity index (χ1) is 5.85. The molecule has 2 aliphatic carbocycles. The van der Waals surface area contributed by atoms with E-state index in [4.69, 9.17) is 5.26 Å². The van der Waals surface area contributed by atoms with Crippen LogP contribution in [0.1, 0.15) is 38.5 Å². The van der Waals surface area contributed by atoms with Gasteiger partial charge >= 0.3 is 0 Å². The molecule has 0 bridgehead atoms. The number of rotatable bonds is 3. The molecule has 0 aliphatic heterocycles. The Kier molecular flexibility index (Phi) is 2.32. The Morgan fingerprint density at radius 1 is 1.33 bits per heavy atom. The van der Waals surface area contributed by atoms with Crippen molar-refractivity contribution in [3.8, 4) is 6.07 Å². The van der Waals surface area contributed by atoms with Gasteiger partial charge in [-0.3, -0.25) is 0 Å². The molecule has 66 valence electrons. The van der Waals surface area contributed by atoms with Crippen molar-refractivity contribution in [2.45, 2.75) is 43.8 Å². The Morgan fingerprint density at radius 3 is 2.50 bits per heavy atom. The summed E-state index contributed by atoms with van der Waals surface area (Å²) < 4.78 is 0. The molecule has 12 heavy (non-hydrogen) atoms. The molecule has 0 aromatic heterocycles. The molecule has 0 N–H and O–H groups in total. The van der Waals surface area contributed by atoms with Crippen molar-refractivity contribution in [3.63, 3.8) is 0 Å². The van der Waals surface area contributed by atoms with Crippen LogP contribution in [0.15, 0.2) is 0 Å². The van der Waals surface area contributed by atoms with E-state index in [9.17, 15) is 0 Å². The topological polar surface area (TPSA) is 23.8 Å². The van der Waals surface area contributed by atoms with Gasteiger partial charge in [0.05, 0.1) is 11.5 Å². The van der Waals surface area contributed by atoms with Crippen LogP contribution in [0, 0.1) is 16.7 Å². The van der Waals surface area contributed by atoms with Gasteiger partial charge in [-0.1, -0.05) is 12.8 Å². The highest BCUT2D eigenvalue weighted by molar-refractivity contribution is 7.99. The van der Waals surface area contributed by atoms with Crippen molar-refractivity contribution in [1.29, 1.82) is 5.26 Å². The largest absolute Gasteiger partial charge is 0.198 e. The standard InChI is InChI=1S/C10H15NS/c11-7-10(5-6-10)8-12-9-3-1-2-4-9/h9H,1-6,8H2. The van der Waals surface area contributed by atoms with Crippen LogP contribution in [-0.4, -0.2) is 11.0 Å². The average Bonchev–Trinajstić information content (AvgIpc) is 2.70. The Hall–Kier alpha value is -0.160. The first kappa shape index (κ1) is 8.44. The van der Waals surface area contributed by atoms with Gasteiger partial charge in [-0.15, -0.1) is 0 Å². The predicted octanol–water partition coefficient (Wildman–Crippen LogP) is 2.97. The number of thioether (sulfide) groups is 1. The zero-order chi connectivity index (χ0) is 8.44. The van der Waals surface area contributed by atoms with E-state index in [1.54, 1.807) is 0 Å². The number of hydrogen-bond donors (Lipinski definition) is 0. The van der Waals surface area contributed by atoms with E-state index >= 15 is 0 Å². The fourth-order valence-corrected chi connectivity index (χ4v) is 3.35. The molecule has 2 fully saturated rings. The van der Waals surface area contributed by atoms with Crippen molar-refractivity contribution in [1.82, 2.24) is 0 Å². The molecule has 0 aromatic rings. The number of hydrogen-bond acceptors (Lipinski definition) is 2. The minimum atomic E-state index is 0.118. The van der Waals surface area contributed by atoms with Gasteiger partial charge in [-0.05, 0) is 25.7 Å². The molecule has 0 unspecified atom stereocenters. The van der Waals surface area contributed by atoms with E-state index in [0.29, 0.717) is 0 Å². The van der Waals surface area contributed by atoms with Crippen LogP contribution >= 0.6 is 11.8 Å². The SMILES string of the molecule is N#CC1(CSC2CCCC2)CC1. The summed E-state index contributed by atoms with van der Waals surface area (Å²) in [7, 11) is 0. The summed E-state index contributed by atoms with van der Waals surface area (Å²) in [4.78, 5) is 0. The second-order valence-corrected chi connectivity index (χ2v) is 5.40.